The molecule has 0 aliphatic heterocycles. The summed E-state index contributed by atoms with van der Waals surface area (Å²) in [5.41, 5.74) is 2.39. The molecule has 0 aliphatic rings. The zero-order valence-electron chi connectivity index (χ0n) is 16.3. The fraction of sp³-hybridized carbons (Fsp3) is 0.0455. The number of hydrogen-bond acceptors (Lipinski definition) is 7. The van der Waals surface area contributed by atoms with Gasteiger partial charge < -0.3 is 19.6 Å². The van der Waals surface area contributed by atoms with Crippen LogP contribution in [-0.2, 0) is 0 Å². The van der Waals surface area contributed by atoms with Gasteiger partial charge in [-0.1, -0.05) is 12.1 Å². The van der Waals surface area contributed by atoms with Gasteiger partial charge in [0.15, 0.2) is 5.58 Å². The maximum Gasteiger partial charge on any atom is 0.329 e. The number of anilines is 1. The van der Waals surface area contributed by atoms with Gasteiger partial charge in [-0.3, -0.25) is 9.52 Å². The Labute approximate surface area is 181 Å². The average Bonchev–Trinajstić information content (AvgIpc) is 3.23. The van der Waals surface area contributed by atoms with Gasteiger partial charge in [-0.2, -0.15) is 0 Å². The zero-order chi connectivity index (χ0) is 21.8. The highest BCUT2D eigenvalue weighted by atomic mass is 32.2. The number of amides is 2. The molecule has 3 aromatic carbocycles. The molecule has 0 saturated carbocycles. The topological polar surface area (TPSA) is 114 Å². The van der Waals surface area contributed by atoms with Crippen LogP contribution in [0.5, 0.6) is 11.5 Å². The average molecular weight is 435 g/mol. The Hall–Kier alpha value is -3.98. The van der Waals surface area contributed by atoms with E-state index in [0.717, 1.165) is 0 Å². The van der Waals surface area contributed by atoms with Crippen LogP contribution in [0.25, 0.3) is 22.6 Å². The van der Waals surface area contributed by atoms with Gasteiger partial charge in [0.25, 0.3) is 0 Å². The molecule has 0 spiro atoms. The third-order valence-corrected chi connectivity index (χ3v) is 5.05. The van der Waals surface area contributed by atoms with Crippen LogP contribution in [0.15, 0.2) is 71.1 Å². The van der Waals surface area contributed by atoms with Crippen molar-refractivity contribution in [2.24, 2.45) is 0 Å². The first-order valence-corrected chi connectivity index (χ1v) is 9.96. The van der Waals surface area contributed by atoms with Crippen LogP contribution in [-0.4, -0.2) is 28.3 Å². The summed E-state index contributed by atoms with van der Waals surface area (Å²) in [4.78, 5) is 28.8. The van der Waals surface area contributed by atoms with E-state index < -0.39 is 6.03 Å². The number of ether oxygens (including phenoxy) is 1. The fourth-order valence-corrected chi connectivity index (χ4v) is 3.30. The number of methoxy groups -OCH3 is 1. The van der Waals surface area contributed by atoms with E-state index in [0.29, 0.717) is 45.6 Å². The number of fused-ring (bicyclic) bond motifs is 1. The van der Waals surface area contributed by atoms with Gasteiger partial charge in [-0.05, 0) is 54.6 Å². The van der Waals surface area contributed by atoms with Crippen molar-refractivity contribution in [1.82, 2.24) is 9.71 Å². The van der Waals surface area contributed by atoms with E-state index in [4.69, 9.17) is 9.15 Å². The van der Waals surface area contributed by atoms with Crippen LogP contribution in [0.1, 0.15) is 10.4 Å². The molecule has 8 nitrogen and oxygen atoms in total. The quantitative estimate of drug-likeness (QED) is 0.311. The standard InChI is InChI=1S/C22H17N3O5S/c1-29-15-9-6-13(7-10-15)21(27)31-25-22(28)23-14-8-11-18(26)16(12-14)20-24-17-4-2-3-5-19(17)30-20/h2-12,26H,1H3,(H2,23,25,28). The Morgan fingerprint density at radius 2 is 1.84 bits per heavy atom. The second-order valence-electron chi connectivity index (χ2n) is 6.39. The van der Waals surface area contributed by atoms with Crippen molar-refractivity contribution in [1.29, 1.82) is 0 Å². The third kappa shape index (κ3) is 4.62. The minimum Gasteiger partial charge on any atom is -0.507 e. The number of aromatic hydroxyl groups is 1. The van der Waals surface area contributed by atoms with Gasteiger partial charge in [0, 0.05) is 23.2 Å². The number of nitrogens with zero attached hydrogens (tertiary/aromatic N) is 1. The summed E-state index contributed by atoms with van der Waals surface area (Å²) in [6.45, 7) is 0. The summed E-state index contributed by atoms with van der Waals surface area (Å²) < 4.78 is 13.2. The first kappa shape index (κ1) is 20.3. The van der Waals surface area contributed by atoms with Crippen molar-refractivity contribution in [3.8, 4) is 23.0 Å². The molecule has 3 N–H and O–H groups in total. The molecule has 0 radical (unpaired) electrons. The van der Waals surface area contributed by atoms with Gasteiger partial charge >= 0.3 is 6.03 Å². The molecule has 4 rings (SSSR count). The highest BCUT2D eigenvalue weighted by Gasteiger charge is 2.15. The summed E-state index contributed by atoms with van der Waals surface area (Å²) >= 11 is 0.655. The van der Waals surface area contributed by atoms with Crippen molar-refractivity contribution in [2.75, 3.05) is 12.4 Å². The molecule has 31 heavy (non-hydrogen) atoms. The Bertz CT molecular complexity index is 1220. The molecule has 0 aliphatic carbocycles. The van der Waals surface area contributed by atoms with E-state index in [1.165, 1.54) is 25.3 Å². The lowest BCUT2D eigenvalue weighted by Crippen LogP contribution is -2.24. The largest absolute Gasteiger partial charge is 0.507 e. The van der Waals surface area contributed by atoms with Gasteiger partial charge in [0.05, 0.1) is 12.7 Å². The minimum absolute atomic E-state index is 0.0402. The number of phenols is 1. The lowest BCUT2D eigenvalue weighted by atomic mass is 10.1. The summed E-state index contributed by atoms with van der Waals surface area (Å²) in [5, 5.41) is 12.5. The lowest BCUT2D eigenvalue weighted by molar-refractivity contribution is 0.108. The molecule has 4 aromatic rings. The highest BCUT2D eigenvalue weighted by molar-refractivity contribution is 8.12. The molecule has 0 saturated heterocycles. The predicted octanol–water partition coefficient (Wildman–Crippen LogP) is 4.82. The summed E-state index contributed by atoms with van der Waals surface area (Å²) in [7, 11) is 1.54. The smallest absolute Gasteiger partial charge is 0.329 e. The van der Waals surface area contributed by atoms with Crippen LogP contribution in [0, 0.1) is 0 Å². The van der Waals surface area contributed by atoms with E-state index in [9.17, 15) is 14.7 Å². The van der Waals surface area contributed by atoms with Crippen LogP contribution in [0.3, 0.4) is 0 Å². The molecule has 9 heteroatoms. The normalized spacial score (nSPS) is 10.6. The number of nitrogens with one attached hydrogen (secondary N) is 2. The Morgan fingerprint density at radius 1 is 1.06 bits per heavy atom. The first-order chi connectivity index (χ1) is 15.0. The minimum atomic E-state index is -0.596. The van der Waals surface area contributed by atoms with Gasteiger partial charge in [0.2, 0.25) is 11.0 Å². The number of carbonyl (C=O) groups is 2. The summed E-state index contributed by atoms with van der Waals surface area (Å²) in [5.74, 6) is 0.822. The Balaban J connectivity index is 1.42. The van der Waals surface area contributed by atoms with E-state index in [1.807, 2.05) is 12.1 Å². The lowest BCUT2D eigenvalue weighted by Gasteiger charge is -2.08. The van der Waals surface area contributed by atoms with Crippen molar-refractivity contribution in [3.05, 3.63) is 72.3 Å². The molecule has 0 atom stereocenters. The second kappa shape index (κ2) is 8.80. The third-order valence-electron chi connectivity index (χ3n) is 4.34. The number of hydrogen-bond donors (Lipinski definition) is 3. The molecule has 1 aromatic heterocycles. The van der Waals surface area contributed by atoms with Gasteiger partial charge in [0.1, 0.15) is 17.0 Å². The molecule has 0 unspecified atom stereocenters. The molecule has 1 heterocycles. The maximum absolute atomic E-state index is 12.2. The van der Waals surface area contributed by atoms with E-state index in [2.05, 4.69) is 15.0 Å². The van der Waals surface area contributed by atoms with Crippen LogP contribution in [0.2, 0.25) is 0 Å². The SMILES string of the molecule is COc1ccc(C(=O)SNC(=O)Nc2ccc(O)c(-c3nc4ccccc4o3)c2)cc1. The predicted molar refractivity (Wildman–Crippen MR) is 118 cm³/mol. The Morgan fingerprint density at radius 3 is 2.58 bits per heavy atom. The monoisotopic (exact) mass is 435 g/mol. The van der Waals surface area contributed by atoms with Crippen molar-refractivity contribution in [3.63, 3.8) is 0 Å². The van der Waals surface area contributed by atoms with E-state index in [-0.39, 0.29) is 16.8 Å². The molecular formula is C22H17N3O5S. The van der Waals surface area contributed by atoms with Crippen molar-refractivity contribution in [2.45, 2.75) is 0 Å². The van der Waals surface area contributed by atoms with Crippen molar-refractivity contribution < 1.29 is 23.8 Å². The number of oxazole rings is 1. The number of aromatic nitrogens is 1. The number of urea groups is 1. The molecule has 0 bridgehead atoms. The first-order valence-electron chi connectivity index (χ1n) is 9.14. The van der Waals surface area contributed by atoms with Crippen molar-refractivity contribution >= 4 is 39.9 Å². The number of carbonyl (C=O) groups excluding carboxylic acids is 2. The number of para-hydroxylation sites is 2. The van der Waals surface area contributed by atoms with E-state index in [1.54, 1.807) is 36.4 Å². The Kier molecular flexibility index (Phi) is 5.76. The second-order valence-corrected chi connectivity index (χ2v) is 7.17. The fourth-order valence-electron chi connectivity index (χ4n) is 2.81. The van der Waals surface area contributed by atoms with Crippen LogP contribution in [0.4, 0.5) is 10.5 Å². The molecule has 0 fully saturated rings. The molecular weight excluding hydrogens is 418 g/mol. The number of benzene rings is 3. The van der Waals surface area contributed by atoms with E-state index >= 15 is 0 Å². The number of rotatable bonds is 4. The summed E-state index contributed by atoms with van der Waals surface area (Å²) in [6.07, 6.45) is 0. The zero-order valence-corrected chi connectivity index (χ0v) is 17.1. The molecule has 156 valence electrons. The molecule has 2 amide bonds. The van der Waals surface area contributed by atoms with Crippen LogP contribution < -0.4 is 14.8 Å². The highest BCUT2D eigenvalue weighted by Crippen LogP contribution is 2.33. The van der Waals surface area contributed by atoms with Gasteiger partial charge in [-0.25, -0.2) is 9.78 Å². The van der Waals surface area contributed by atoms with Gasteiger partial charge in [-0.15, -0.1) is 0 Å². The van der Waals surface area contributed by atoms with Crippen LogP contribution >= 0.6 is 11.9 Å². The number of phenolic OH excluding ortho intramolecular Hbond substituents is 1. The maximum atomic E-state index is 12.2. The summed E-state index contributed by atoms with van der Waals surface area (Å²) in [6, 6.07) is 17.7.